The molecule has 2 bridgehead atoms. The number of amides is 2. The summed E-state index contributed by atoms with van der Waals surface area (Å²) < 4.78 is 45.2. The molecule has 6 atom stereocenters. The smallest absolute Gasteiger partial charge is 0.493 e. The number of carbonyl (C=O) groups excluding carboxylic acids is 6. The van der Waals surface area contributed by atoms with Gasteiger partial charge in [-0.15, -0.1) is 0 Å². The van der Waals surface area contributed by atoms with Crippen LogP contribution in [0.3, 0.4) is 0 Å². The summed E-state index contributed by atoms with van der Waals surface area (Å²) in [6, 6.07) is 3.85. The molecule has 0 saturated heterocycles. The van der Waals surface area contributed by atoms with E-state index in [0.29, 0.717) is 24.3 Å². The van der Waals surface area contributed by atoms with Gasteiger partial charge in [0.2, 0.25) is 0 Å². The molecule has 2 amide bonds. The Hall–Kier alpha value is -5.02. The van der Waals surface area contributed by atoms with Gasteiger partial charge in [-0.25, -0.2) is 9.59 Å². The maximum absolute atomic E-state index is 13.7. The van der Waals surface area contributed by atoms with Crippen molar-refractivity contribution in [3.8, 4) is 11.5 Å². The van der Waals surface area contributed by atoms with Gasteiger partial charge in [-0.2, -0.15) is 0 Å². The molecule has 1 aromatic carbocycles. The first-order valence-electron chi connectivity index (χ1n) is 19.0. The second-order valence-electron chi connectivity index (χ2n) is 16.6. The van der Waals surface area contributed by atoms with Crippen LogP contribution in [0.25, 0.3) is 0 Å². The zero-order valence-corrected chi connectivity index (χ0v) is 33.6. The van der Waals surface area contributed by atoms with Crippen LogP contribution in [0.1, 0.15) is 105 Å². The van der Waals surface area contributed by atoms with E-state index in [9.17, 15) is 28.8 Å². The number of esters is 2. The molecule has 1 spiro atoms. The van der Waals surface area contributed by atoms with Crippen LogP contribution in [-0.4, -0.2) is 91.4 Å². The summed E-state index contributed by atoms with van der Waals surface area (Å²) >= 11 is 0. The van der Waals surface area contributed by atoms with E-state index in [0.717, 1.165) is 24.0 Å². The minimum atomic E-state index is -1.16. The zero-order valence-electron chi connectivity index (χ0n) is 33.6. The van der Waals surface area contributed by atoms with Gasteiger partial charge in [-0.3, -0.25) is 19.2 Å². The Morgan fingerprint density at radius 2 is 1.43 bits per heavy atom. The van der Waals surface area contributed by atoms with Crippen LogP contribution in [-0.2, 0) is 59.4 Å². The summed E-state index contributed by atoms with van der Waals surface area (Å²) in [6.07, 6.45) is -0.676. The molecule has 56 heavy (non-hydrogen) atoms. The number of benzene rings is 1. The van der Waals surface area contributed by atoms with Crippen LogP contribution in [0.4, 0.5) is 9.59 Å². The summed E-state index contributed by atoms with van der Waals surface area (Å²) in [6.45, 7) is 12.7. The molecule has 0 radical (unpaired) electrons. The number of carbonyl (C=O) groups is 6. The number of hydrogen-bond donors (Lipinski definition) is 2. The van der Waals surface area contributed by atoms with Crippen LogP contribution in [0.2, 0.25) is 0 Å². The summed E-state index contributed by atoms with van der Waals surface area (Å²) in [7, 11) is 1.54. The standard InChI is InChI=1S/C40H54N2O14/c1-22(50-35(47)55-37(3,4)5)33(45)41-19-15-28(43)52-27-14-18-40(54-29(44)16-20-42-34(46)23(2)51-36(48)56-38(6,7)8)25-11-10-17-39(40)30-24(21-25)12-13-26(49-9)31(30)53-32(27)39/h12-14,22-23,25,32H,10-11,15-21H2,1-9H3,(H,41,45)(H,42,46)/t22-,23-,25+,32-,39-,40+/m0/s1. The molecule has 1 aromatic rings. The quantitative estimate of drug-likeness (QED) is 0.203. The van der Waals surface area contributed by atoms with Crippen molar-refractivity contribution >= 4 is 36.1 Å². The first kappa shape index (κ1) is 42.1. The minimum Gasteiger partial charge on any atom is -0.493 e. The van der Waals surface area contributed by atoms with Gasteiger partial charge >= 0.3 is 24.2 Å². The van der Waals surface area contributed by atoms with E-state index >= 15 is 0 Å². The van der Waals surface area contributed by atoms with Gasteiger partial charge in [0, 0.05) is 31.0 Å². The zero-order chi connectivity index (χ0) is 41.2. The van der Waals surface area contributed by atoms with Crippen LogP contribution < -0.4 is 20.1 Å². The van der Waals surface area contributed by atoms with Crippen molar-refractivity contribution in [1.29, 1.82) is 0 Å². The number of hydrogen-bond acceptors (Lipinski definition) is 14. The third-order valence-electron chi connectivity index (χ3n) is 10.3. The second kappa shape index (κ2) is 16.2. The third-order valence-corrected chi connectivity index (χ3v) is 10.3. The summed E-state index contributed by atoms with van der Waals surface area (Å²) in [4.78, 5) is 76.2. The molecule has 5 rings (SSSR count). The number of rotatable bonds is 13. The summed E-state index contributed by atoms with van der Waals surface area (Å²) in [5.74, 6) is -1.18. The average Bonchev–Trinajstić information content (AvgIpc) is 3.42. The van der Waals surface area contributed by atoms with Gasteiger partial charge in [0.15, 0.2) is 29.8 Å². The fraction of sp³-hybridized carbons (Fsp3) is 0.650. The fourth-order valence-electron chi connectivity index (χ4n) is 8.11. The first-order valence-corrected chi connectivity index (χ1v) is 19.0. The van der Waals surface area contributed by atoms with Gasteiger partial charge < -0.3 is 48.5 Å². The highest BCUT2D eigenvalue weighted by molar-refractivity contribution is 5.83. The molecule has 2 N–H and O–H groups in total. The molecular weight excluding hydrogens is 732 g/mol. The van der Waals surface area contributed by atoms with Gasteiger partial charge in [0.05, 0.1) is 25.4 Å². The molecule has 1 fully saturated rings. The van der Waals surface area contributed by atoms with Crippen LogP contribution in [0, 0.1) is 5.92 Å². The molecule has 1 heterocycles. The Morgan fingerprint density at radius 3 is 1.98 bits per heavy atom. The highest BCUT2D eigenvalue weighted by atomic mass is 16.7. The largest absolute Gasteiger partial charge is 0.509 e. The van der Waals surface area contributed by atoms with Crippen molar-refractivity contribution in [3.63, 3.8) is 0 Å². The number of nitrogens with one attached hydrogen (secondary N) is 2. The normalized spacial score (nSPS) is 24.1. The predicted molar refractivity (Wildman–Crippen MR) is 197 cm³/mol. The van der Waals surface area contributed by atoms with Crippen LogP contribution in [0.15, 0.2) is 24.0 Å². The first-order chi connectivity index (χ1) is 26.2. The molecule has 3 aliphatic carbocycles. The van der Waals surface area contributed by atoms with Gasteiger partial charge in [-0.1, -0.05) is 12.5 Å². The Morgan fingerprint density at radius 1 is 0.857 bits per heavy atom. The SMILES string of the molecule is COc1ccc2c3c1O[C@H]1C(OC(=O)CCNC(=O)[C@H](C)OC(=O)OC(C)(C)C)=CC[C@@]4(OC(=O)CCNC(=O)[C@H](C)OC(=O)OC(C)(C)C)[C@H](CCC[C@]314)C2. The molecule has 0 unspecified atom stereocenters. The Bertz CT molecular complexity index is 1760. The van der Waals surface area contributed by atoms with E-state index in [-0.39, 0.29) is 44.0 Å². The fourth-order valence-corrected chi connectivity index (χ4v) is 8.11. The van der Waals surface area contributed by atoms with Crippen LogP contribution >= 0.6 is 0 Å². The summed E-state index contributed by atoms with van der Waals surface area (Å²) in [5, 5.41) is 5.20. The number of methoxy groups -OCH3 is 1. The molecule has 16 nitrogen and oxygen atoms in total. The Balaban J connectivity index is 1.28. The molecule has 308 valence electrons. The van der Waals surface area contributed by atoms with E-state index < -0.39 is 76.6 Å². The van der Waals surface area contributed by atoms with Crippen molar-refractivity contribution in [3.05, 3.63) is 35.1 Å². The molecule has 4 aliphatic rings. The maximum Gasteiger partial charge on any atom is 0.509 e. The van der Waals surface area contributed by atoms with Gasteiger partial charge in [0.25, 0.3) is 11.8 Å². The molecule has 16 heteroatoms. The molecule has 0 aromatic heterocycles. The van der Waals surface area contributed by atoms with Gasteiger partial charge in [-0.05, 0) is 92.4 Å². The van der Waals surface area contributed by atoms with E-state index in [1.807, 2.05) is 12.1 Å². The van der Waals surface area contributed by atoms with Crippen molar-refractivity contribution in [2.24, 2.45) is 5.92 Å². The highest BCUT2D eigenvalue weighted by Crippen LogP contribution is 2.68. The second-order valence-corrected chi connectivity index (χ2v) is 16.6. The number of ether oxygens (including phenoxy) is 8. The van der Waals surface area contributed by atoms with E-state index in [1.54, 1.807) is 54.7 Å². The lowest BCUT2D eigenvalue weighted by molar-refractivity contribution is -0.200. The Labute approximate surface area is 326 Å². The van der Waals surface area contributed by atoms with E-state index in [1.165, 1.54) is 13.8 Å². The van der Waals surface area contributed by atoms with E-state index in [2.05, 4.69) is 10.6 Å². The van der Waals surface area contributed by atoms with Crippen LogP contribution in [0.5, 0.6) is 11.5 Å². The topological polar surface area (TPSA) is 200 Å². The van der Waals surface area contributed by atoms with E-state index in [4.69, 9.17) is 37.9 Å². The van der Waals surface area contributed by atoms with Crippen molar-refractivity contribution in [1.82, 2.24) is 10.6 Å². The monoisotopic (exact) mass is 786 g/mol. The van der Waals surface area contributed by atoms with Crippen molar-refractivity contribution < 1.29 is 66.7 Å². The third kappa shape index (κ3) is 8.83. The lowest BCUT2D eigenvalue weighted by Gasteiger charge is -2.60. The lowest BCUT2D eigenvalue weighted by Crippen LogP contribution is -2.69. The Kier molecular flexibility index (Phi) is 12.2. The maximum atomic E-state index is 13.7. The van der Waals surface area contributed by atoms with Crippen molar-refractivity contribution in [2.75, 3.05) is 20.2 Å². The predicted octanol–water partition coefficient (Wildman–Crippen LogP) is 4.86. The average molecular weight is 787 g/mol. The molecular formula is C40H54N2O14. The van der Waals surface area contributed by atoms with Gasteiger partial charge in [0.1, 0.15) is 22.6 Å². The lowest BCUT2D eigenvalue weighted by atomic mass is 9.46. The summed E-state index contributed by atoms with van der Waals surface area (Å²) in [5.41, 5.74) is -1.62. The highest BCUT2D eigenvalue weighted by Gasteiger charge is 2.73. The molecule has 1 aliphatic heterocycles. The van der Waals surface area contributed by atoms with Crippen molar-refractivity contribution in [2.45, 2.75) is 141 Å². The molecule has 1 saturated carbocycles. The minimum absolute atomic E-state index is 0.0653.